The van der Waals surface area contributed by atoms with E-state index in [4.69, 9.17) is 0 Å². The normalized spacial score (nSPS) is 8.00. The molecule has 0 aromatic rings. The van der Waals surface area contributed by atoms with Gasteiger partial charge in [-0.05, 0) is 0 Å². The van der Waals surface area contributed by atoms with Gasteiger partial charge in [0.15, 0.2) is 0 Å². The van der Waals surface area contributed by atoms with E-state index in [2.05, 4.69) is 16.8 Å². The van der Waals surface area contributed by atoms with E-state index in [1.54, 1.807) is 0 Å². The van der Waals surface area contributed by atoms with Crippen molar-refractivity contribution in [1.82, 2.24) is 0 Å². The second kappa shape index (κ2) is 5.76. The first-order valence-corrected chi connectivity index (χ1v) is 9.79. The fraction of sp³-hybridized carbons (Fsp3) is 1.00. The quantitative estimate of drug-likeness (QED) is 0.558. The van der Waals surface area contributed by atoms with Gasteiger partial charge in [0.2, 0.25) is 0 Å². The van der Waals surface area contributed by atoms with Crippen molar-refractivity contribution in [3.05, 3.63) is 0 Å². The minimum Gasteiger partial charge on any atom is -0.412 e. The topological polar surface area (TPSA) is 31.5 Å². The molecule has 0 amide bonds. The maximum Gasteiger partial charge on any atom is -0.412 e. The number of hydrogen-bond donors (Lipinski definition) is 0. The molecular weight excluding hydrogens is 183 g/mol. The Labute approximate surface area is 46.8 Å². The van der Waals surface area contributed by atoms with E-state index in [0.717, 1.165) is 0 Å². The maximum atomic E-state index is 2.42. The summed E-state index contributed by atoms with van der Waals surface area (Å²) < 4.78 is 1.50. The molecule has 0 spiro atoms. The van der Waals surface area contributed by atoms with Crippen molar-refractivity contribution in [3.63, 3.8) is 0 Å². The van der Waals surface area contributed by atoms with E-state index >= 15 is 0 Å². The summed E-state index contributed by atoms with van der Waals surface area (Å²) in [5, 5.41) is 0. The molecule has 1 nitrogen and oxygen atoms in total. The fourth-order valence-electron chi connectivity index (χ4n) is 0. The van der Waals surface area contributed by atoms with E-state index in [1.807, 2.05) is 0 Å². The van der Waals surface area contributed by atoms with Gasteiger partial charge in [0, 0.05) is 0 Å². The minimum absolute atomic E-state index is 0. The first-order valence-electron chi connectivity index (χ1n) is 2.06. The van der Waals surface area contributed by atoms with E-state index in [-0.39, 0.29) is 5.48 Å². The Bertz CT molecular complexity index is 21.5. The molecule has 0 aliphatic carbocycles. The van der Waals surface area contributed by atoms with Crippen LogP contribution in [-0.4, -0.2) is 25.2 Å². The molecule has 0 rings (SSSR count). The first-order chi connectivity index (χ1) is 2.27. The zero-order valence-corrected chi connectivity index (χ0v) is 7.56. The van der Waals surface area contributed by atoms with Crippen LogP contribution in [0.3, 0.4) is 0 Å². The second-order valence-corrected chi connectivity index (χ2v) is 10.5. The van der Waals surface area contributed by atoms with Gasteiger partial charge in [0.25, 0.3) is 0 Å². The third-order valence-electron chi connectivity index (χ3n) is 0.707. The predicted octanol–water partition coefficient (Wildman–Crippen LogP) is 0.936. The number of hydrogen-bond acceptors (Lipinski definition) is 0. The molecule has 0 atom stereocenters. The molecule has 0 saturated carbocycles. The fourth-order valence-corrected chi connectivity index (χ4v) is 0. The van der Waals surface area contributed by atoms with Crippen LogP contribution in [0.5, 0.6) is 0 Å². The molecule has 2 N–H and O–H groups in total. The molecule has 0 bridgehead atoms. The zero-order valence-electron chi connectivity index (χ0n) is 4.71. The average molecular weight is 196 g/mol. The molecule has 0 aromatic carbocycles. The van der Waals surface area contributed by atoms with Crippen LogP contribution in [-0.2, 0) is 0 Å². The molecular formula is C4H13OSn. The summed E-state index contributed by atoms with van der Waals surface area (Å²) in [5.74, 6) is 0. The molecule has 0 heterocycles. The van der Waals surface area contributed by atoms with Gasteiger partial charge in [-0.15, -0.1) is 0 Å². The Morgan fingerprint density at radius 1 is 1.33 bits per heavy atom. The van der Waals surface area contributed by atoms with Gasteiger partial charge in [-0.2, -0.15) is 0 Å². The van der Waals surface area contributed by atoms with Gasteiger partial charge in [0.1, 0.15) is 0 Å². The van der Waals surface area contributed by atoms with Crippen LogP contribution in [0.2, 0.25) is 14.3 Å². The molecule has 0 unspecified atom stereocenters. The van der Waals surface area contributed by atoms with E-state index in [9.17, 15) is 0 Å². The maximum absolute atomic E-state index is 2.42. The summed E-state index contributed by atoms with van der Waals surface area (Å²) in [7, 11) is 0. The van der Waals surface area contributed by atoms with Gasteiger partial charge in [-0.25, -0.2) is 0 Å². The Hall–Kier alpha value is 0.759. The van der Waals surface area contributed by atoms with Crippen molar-refractivity contribution in [2.24, 2.45) is 0 Å². The van der Waals surface area contributed by atoms with Crippen LogP contribution < -0.4 is 0 Å². The molecule has 0 saturated heterocycles. The van der Waals surface area contributed by atoms with Crippen LogP contribution in [0.25, 0.3) is 0 Å². The minimum atomic E-state index is -0.580. The van der Waals surface area contributed by atoms with E-state index in [1.165, 1.54) is 4.44 Å². The Morgan fingerprint density at radius 2 is 1.50 bits per heavy atom. The van der Waals surface area contributed by atoms with Crippen LogP contribution in [0.15, 0.2) is 0 Å². The summed E-state index contributed by atoms with van der Waals surface area (Å²) >= 11 is -0.580. The third kappa shape index (κ3) is 8.83. The van der Waals surface area contributed by atoms with Crippen LogP contribution in [0, 0.1) is 0 Å². The monoisotopic (exact) mass is 197 g/mol. The predicted molar refractivity (Wildman–Crippen MR) is 31.6 cm³/mol. The van der Waals surface area contributed by atoms with E-state index < -0.39 is 19.8 Å². The summed E-state index contributed by atoms with van der Waals surface area (Å²) in [6.45, 7) is 2.29. The van der Waals surface area contributed by atoms with Crippen molar-refractivity contribution >= 4 is 19.8 Å². The number of rotatable bonds is 1. The SMILES string of the molecule is C[CH2][Sn]([CH3])[CH3].O. The molecule has 0 aliphatic rings. The van der Waals surface area contributed by atoms with Crippen molar-refractivity contribution in [2.45, 2.75) is 21.2 Å². The van der Waals surface area contributed by atoms with Crippen LogP contribution >= 0.6 is 0 Å². The second-order valence-electron chi connectivity index (χ2n) is 1.56. The van der Waals surface area contributed by atoms with Gasteiger partial charge in [-0.3, -0.25) is 0 Å². The van der Waals surface area contributed by atoms with Gasteiger partial charge >= 0.3 is 41.0 Å². The summed E-state index contributed by atoms with van der Waals surface area (Å²) in [6, 6.07) is 0. The molecule has 39 valence electrons. The molecule has 6 heavy (non-hydrogen) atoms. The Morgan fingerprint density at radius 3 is 1.50 bits per heavy atom. The zero-order chi connectivity index (χ0) is 4.28. The van der Waals surface area contributed by atoms with Gasteiger partial charge in [0.05, 0.1) is 0 Å². The Balaban J connectivity index is 0. The summed E-state index contributed by atoms with van der Waals surface area (Å²) in [4.78, 5) is 4.84. The first kappa shape index (κ1) is 9.90. The smallest absolute Gasteiger partial charge is 0.412 e. The van der Waals surface area contributed by atoms with E-state index in [0.29, 0.717) is 0 Å². The molecule has 0 aromatic heterocycles. The van der Waals surface area contributed by atoms with Crippen LogP contribution in [0.4, 0.5) is 0 Å². The van der Waals surface area contributed by atoms with Gasteiger partial charge < -0.3 is 5.48 Å². The molecule has 0 aliphatic heterocycles. The van der Waals surface area contributed by atoms with Crippen molar-refractivity contribution in [2.75, 3.05) is 0 Å². The third-order valence-corrected chi connectivity index (χ3v) is 4.74. The van der Waals surface area contributed by atoms with Gasteiger partial charge in [-0.1, -0.05) is 0 Å². The van der Waals surface area contributed by atoms with Crippen molar-refractivity contribution in [1.29, 1.82) is 0 Å². The van der Waals surface area contributed by atoms with Crippen molar-refractivity contribution < 1.29 is 5.48 Å². The standard InChI is InChI=1S/C2H5.2CH3.H2O.Sn/c1-2;;;;/h1H2,2H3;2*1H3;1H2;. The molecule has 0 fully saturated rings. The summed E-state index contributed by atoms with van der Waals surface area (Å²) in [6.07, 6.45) is 0. The summed E-state index contributed by atoms with van der Waals surface area (Å²) in [5.41, 5.74) is 0. The van der Waals surface area contributed by atoms with Crippen molar-refractivity contribution in [3.8, 4) is 0 Å². The Kier molecular flexibility index (Phi) is 9.50. The average Bonchev–Trinajstić information content (AvgIpc) is 1.38. The molecule has 2 heteroatoms. The molecule has 1 radical (unpaired) electrons. The largest absolute Gasteiger partial charge is 0.412 e. The van der Waals surface area contributed by atoms with Crippen LogP contribution in [0.1, 0.15) is 6.92 Å².